The zero-order valence-corrected chi connectivity index (χ0v) is 10.4. The lowest BCUT2D eigenvalue weighted by Gasteiger charge is -2.08. The van der Waals surface area contributed by atoms with E-state index in [2.05, 4.69) is 22.7 Å². The number of carbonyl (C=O) groups is 1. The van der Waals surface area contributed by atoms with Crippen LogP contribution in [-0.2, 0) is 6.54 Å². The van der Waals surface area contributed by atoms with E-state index in [0.29, 0.717) is 18.9 Å². The van der Waals surface area contributed by atoms with Crippen LogP contribution in [0, 0.1) is 6.92 Å². The third kappa shape index (κ3) is 4.44. The molecule has 17 heavy (non-hydrogen) atoms. The maximum atomic E-state index is 11.5. The van der Waals surface area contributed by atoms with Crippen molar-refractivity contribution in [1.82, 2.24) is 15.1 Å². The number of hydrogen-bond acceptors (Lipinski definition) is 3. The second kappa shape index (κ2) is 6.90. The van der Waals surface area contributed by atoms with E-state index in [1.54, 1.807) is 10.7 Å². The van der Waals surface area contributed by atoms with Crippen LogP contribution in [-0.4, -0.2) is 34.1 Å². The molecule has 1 aromatic rings. The van der Waals surface area contributed by atoms with Gasteiger partial charge in [-0.3, -0.25) is 5.32 Å². The summed E-state index contributed by atoms with van der Waals surface area (Å²) in [5.41, 5.74) is 0.808. The van der Waals surface area contributed by atoms with Gasteiger partial charge < -0.3 is 10.4 Å². The van der Waals surface area contributed by atoms with Crippen LogP contribution >= 0.6 is 0 Å². The van der Waals surface area contributed by atoms with Gasteiger partial charge in [0.25, 0.3) is 0 Å². The van der Waals surface area contributed by atoms with Gasteiger partial charge in [0.1, 0.15) is 5.82 Å². The first kappa shape index (κ1) is 13.5. The van der Waals surface area contributed by atoms with E-state index < -0.39 is 0 Å². The standard InChI is InChI=1S/C11H20N4O2/c1-3-4-5-12-11(17)13-10-8-9(2)14-15(10)6-7-16/h8,16H,3-7H2,1-2H3,(H2,12,13,17). The Morgan fingerprint density at radius 2 is 2.35 bits per heavy atom. The molecule has 96 valence electrons. The fourth-order valence-corrected chi connectivity index (χ4v) is 1.45. The number of aliphatic hydroxyl groups excluding tert-OH is 1. The Labute approximate surface area is 101 Å². The van der Waals surface area contributed by atoms with Crippen LogP contribution in [0.5, 0.6) is 0 Å². The molecular weight excluding hydrogens is 220 g/mol. The lowest BCUT2D eigenvalue weighted by Crippen LogP contribution is -2.30. The molecule has 1 heterocycles. The minimum absolute atomic E-state index is 0.00669. The van der Waals surface area contributed by atoms with Crippen LogP contribution in [0.2, 0.25) is 0 Å². The summed E-state index contributed by atoms with van der Waals surface area (Å²) in [6.45, 7) is 4.94. The van der Waals surface area contributed by atoms with Crippen molar-refractivity contribution in [2.45, 2.75) is 33.2 Å². The number of unbranched alkanes of at least 4 members (excludes halogenated alkanes) is 1. The van der Waals surface area contributed by atoms with Crippen molar-refractivity contribution in [3.63, 3.8) is 0 Å². The van der Waals surface area contributed by atoms with Gasteiger partial charge in [0.05, 0.1) is 18.8 Å². The predicted molar refractivity (Wildman–Crippen MR) is 66.0 cm³/mol. The Bertz CT molecular complexity index is 362. The van der Waals surface area contributed by atoms with Gasteiger partial charge in [0.2, 0.25) is 0 Å². The van der Waals surface area contributed by atoms with Crippen molar-refractivity contribution in [2.75, 3.05) is 18.5 Å². The van der Waals surface area contributed by atoms with Crippen LogP contribution in [0.15, 0.2) is 6.07 Å². The van der Waals surface area contributed by atoms with E-state index in [1.807, 2.05) is 6.92 Å². The molecule has 0 saturated carbocycles. The Morgan fingerprint density at radius 1 is 1.59 bits per heavy atom. The number of aryl methyl sites for hydroxylation is 1. The van der Waals surface area contributed by atoms with E-state index in [-0.39, 0.29) is 12.6 Å². The van der Waals surface area contributed by atoms with Crippen molar-refractivity contribution in [2.24, 2.45) is 0 Å². The highest BCUT2D eigenvalue weighted by Crippen LogP contribution is 2.09. The van der Waals surface area contributed by atoms with E-state index in [1.165, 1.54) is 0 Å². The third-order valence-electron chi connectivity index (χ3n) is 2.27. The molecule has 1 rings (SSSR count). The number of urea groups is 1. The van der Waals surface area contributed by atoms with Crippen LogP contribution in [0.4, 0.5) is 10.6 Å². The molecule has 2 amide bonds. The number of aliphatic hydroxyl groups is 1. The van der Waals surface area contributed by atoms with Gasteiger partial charge in [-0.15, -0.1) is 0 Å². The highest BCUT2D eigenvalue weighted by atomic mass is 16.3. The molecule has 3 N–H and O–H groups in total. The lowest BCUT2D eigenvalue weighted by molar-refractivity contribution is 0.251. The van der Waals surface area contributed by atoms with Gasteiger partial charge >= 0.3 is 6.03 Å². The summed E-state index contributed by atoms with van der Waals surface area (Å²) in [7, 11) is 0. The molecule has 0 aliphatic heterocycles. The Morgan fingerprint density at radius 3 is 3.00 bits per heavy atom. The average Bonchev–Trinajstić information content (AvgIpc) is 2.60. The monoisotopic (exact) mass is 240 g/mol. The van der Waals surface area contributed by atoms with Crippen LogP contribution < -0.4 is 10.6 Å². The number of amides is 2. The van der Waals surface area contributed by atoms with Gasteiger partial charge in [0.15, 0.2) is 0 Å². The topological polar surface area (TPSA) is 79.2 Å². The van der Waals surface area contributed by atoms with Crippen LogP contribution in [0.1, 0.15) is 25.5 Å². The molecule has 0 saturated heterocycles. The molecule has 6 nitrogen and oxygen atoms in total. The average molecular weight is 240 g/mol. The highest BCUT2D eigenvalue weighted by Gasteiger charge is 2.08. The van der Waals surface area contributed by atoms with Crippen molar-refractivity contribution in [3.8, 4) is 0 Å². The van der Waals surface area contributed by atoms with Gasteiger partial charge in [-0.25, -0.2) is 9.48 Å². The predicted octanol–water partition coefficient (Wildman–Crippen LogP) is 1.11. The molecule has 0 bridgehead atoms. The molecule has 0 unspecified atom stereocenters. The van der Waals surface area contributed by atoms with E-state index in [4.69, 9.17) is 5.11 Å². The molecule has 0 aromatic carbocycles. The molecule has 6 heteroatoms. The van der Waals surface area contributed by atoms with Crippen LogP contribution in [0.3, 0.4) is 0 Å². The Hall–Kier alpha value is -1.56. The fourth-order valence-electron chi connectivity index (χ4n) is 1.45. The number of carbonyl (C=O) groups excluding carboxylic acids is 1. The second-order valence-corrected chi connectivity index (χ2v) is 3.85. The molecule has 1 aromatic heterocycles. The summed E-state index contributed by atoms with van der Waals surface area (Å²) < 4.78 is 1.58. The SMILES string of the molecule is CCCCNC(=O)Nc1cc(C)nn1CCO. The minimum atomic E-state index is -0.238. The minimum Gasteiger partial charge on any atom is -0.394 e. The van der Waals surface area contributed by atoms with Gasteiger partial charge in [0, 0.05) is 12.6 Å². The van der Waals surface area contributed by atoms with E-state index in [9.17, 15) is 4.79 Å². The maximum Gasteiger partial charge on any atom is 0.320 e. The number of nitrogens with one attached hydrogen (secondary N) is 2. The number of nitrogens with zero attached hydrogens (tertiary/aromatic N) is 2. The molecular formula is C11H20N4O2. The highest BCUT2D eigenvalue weighted by molar-refractivity contribution is 5.88. The first-order valence-corrected chi connectivity index (χ1v) is 5.87. The first-order valence-electron chi connectivity index (χ1n) is 5.87. The van der Waals surface area contributed by atoms with E-state index in [0.717, 1.165) is 18.5 Å². The Balaban J connectivity index is 2.51. The summed E-state index contributed by atoms with van der Waals surface area (Å²) in [5, 5.41) is 18.5. The maximum absolute atomic E-state index is 11.5. The van der Waals surface area contributed by atoms with Gasteiger partial charge in [-0.1, -0.05) is 13.3 Å². The zero-order valence-electron chi connectivity index (χ0n) is 10.4. The number of hydrogen-bond donors (Lipinski definition) is 3. The lowest BCUT2D eigenvalue weighted by atomic mass is 10.3. The number of anilines is 1. The first-order chi connectivity index (χ1) is 8.17. The quantitative estimate of drug-likeness (QED) is 0.652. The van der Waals surface area contributed by atoms with Crippen molar-refractivity contribution >= 4 is 11.8 Å². The normalized spacial score (nSPS) is 10.3. The van der Waals surface area contributed by atoms with E-state index >= 15 is 0 Å². The van der Waals surface area contributed by atoms with Crippen molar-refractivity contribution < 1.29 is 9.90 Å². The number of rotatable bonds is 6. The second-order valence-electron chi connectivity index (χ2n) is 3.85. The molecule has 0 aliphatic carbocycles. The van der Waals surface area contributed by atoms with Crippen LogP contribution in [0.25, 0.3) is 0 Å². The molecule has 0 radical (unpaired) electrons. The summed E-state index contributed by atoms with van der Waals surface area (Å²) in [5.74, 6) is 0.602. The van der Waals surface area contributed by atoms with Gasteiger partial charge in [-0.2, -0.15) is 5.10 Å². The summed E-state index contributed by atoms with van der Waals surface area (Å²) in [6, 6.07) is 1.53. The summed E-state index contributed by atoms with van der Waals surface area (Å²) in [6.07, 6.45) is 2.00. The summed E-state index contributed by atoms with van der Waals surface area (Å²) in [4.78, 5) is 11.5. The smallest absolute Gasteiger partial charge is 0.320 e. The third-order valence-corrected chi connectivity index (χ3v) is 2.27. The Kier molecular flexibility index (Phi) is 5.48. The fraction of sp³-hybridized carbons (Fsp3) is 0.636. The largest absolute Gasteiger partial charge is 0.394 e. The molecule has 0 spiro atoms. The van der Waals surface area contributed by atoms with Crippen molar-refractivity contribution in [3.05, 3.63) is 11.8 Å². The van der Waals surface area contributed by atoms with Gasteiger partial charge in [-0.05, 0) is 13.3 Å². The van der Waals surface area contributed by atoms with Crippen molar-refractivity contribution in [1.29, 1.82) is 0 Å². The number of aromatic nitrogens is 2. The summed E-state index contributed by atoms with van der Waals surface area (Å²) >= 11 is 0. The zero-order chi connectivity index (χ0) is 12.7. The molecule has 0 aliphatic rings. The molecule has 0 fully saturated rings. The molecule has 0 atom stereocenters.